The first kappa shape index (κ1) is 14.4. The van der Waals surface area contributed by atoms with Crippen molar-refractivity contribution >= 4 is 23.4 Å². The minimum atomic E-state index is 0.00754. The maximum atomic E-state index is 8.81. The SMILES string of the molecule is COc1ccc(-c2cc(NCCO)nc(N)n2)cc1Cl. The van der Waals surface area contributed by atoms with Crippen molar-refractivity contribution in [2.75, 3.05) is 31.3 Å². The summed E-state index contributed by atoms with van der Waals surface area (Å²) in [5.74, 6) is 1.29. The lowest BCUT2D eigenvalue weighted by Gasteiger charge is -2.09. The molecule has 0 fully saturated rings. The Morgan fingerprint density at radius 2 is 2.15 bits per heavy atom. The fourth-order valence-electron chi connectivity index (χ4n) is 1.71. The number of ether oxygens (including phenoxy) is 1. The maximum absolute atomic E-state index is 8.81. The van der Waals surface area contributed by atoms with Crippen molar-refractivity contribution in [1.29, 1.82) is 0 Å². The van der Waals surface area contributed by atoms with Crippen molar-refractivity contribution < 1.29 is 9.84 Å². The first-order chi connectivity index (χ1) is 9.63. The first-order valence-electron chi connectivity index (χ1n) is 5.97. The summed E-state index contributed by atoms with van der Waals surface area (Å²) < 4.78 is 5.11. The number of anilines is 2. The van der Waals surface area contributed by atoms with E-state index in [1.165, 1.54) is 0 Å². The first-order valence-corrected chi connectivity index (χ1v) is 6.35. The topological polar surface area (TPSA) is 93.3 Å². The summed E-state index contributed by atoms with van der Waals surface area (Å²) in [5, 5.41) is 12.2. The van der Waals surface area contributed by atoms with E-state index < -0.39 is 0 Å². The Kier molecular flexibility index (Phi) is 4.60. The molecule has 1 aromatic heterocycles. The molecule has 0 atom stereocenters. The molecule has 6 nitrogen and oxygen atoms in total. The summed E-state index contributed by atoms with van der Waals surface area (Å²) in [6.45, 7) is 0.396. The zero-order valence-electron chi connectivity index (χ0n) is 10.9. The van der Waals surface area contributed by atoms with E-state index in [9.17, 15) is 0 Å². The fraction of sp³-hybridized carbons (Fsp3) is 0.231. The largest absolute Gasteiger partial charge is 0.495 e. The van der Waals surface area contributed by atoms with Gasteiger partial charge in [0, 0.05) is 18.2 Å². The van der Waals surface area contributed by atoms with E-state index in [1.54, 1.807) is 25.3 Å². The van der Waals surface area contributed by atoms with Crippen LogP contribution in [0.15, 0.2) is 24.3 Å². The second kappa shape index (κ2) is 6.40. The zero-order chi connectivity index (χ0) is 14.5. The van der Waals surface area contributed by atoms with Crippen molar-refractivity contribution in [3.05, 3.63) is 29.3 Å². The van der Waals surface area contributed by atoms with E-state index in [4.69, 9.17) is 27.2 Å². The van der Waals surface area contributed by atoms with Gasteiger partial charge in [0.25, 0.3) is 0 Å². The van der Waals surface area contributed by atoms with Crippen LogP contribution in [-0.2, 0) is 0 Å². The molecule has 1 aromatic carbocycles. The lowest BCUT2D eigenvalue weighted by molar-refractivity contribution is 0.311. The van der Waals surface area contributed by atoms with Crippen molar-refractivity contribution in [2.24, 2.45) is 0 Å². The molecule has 0 radical (unpaired) electrons. The molecule has 20 heavy (non-hydrogen) atoms. The van der Waals surface area contributed by atoms with Gasteiger partial charge in [0.2, 0.25) is 5.95 Å². The van der Waals surface area contributed by atoms with E-state index in [0.717, 1.165) is 5.56 Å². The number of hydrogen-bond donors (Lipinski definition) is 3. The molecule has 0 bridgehead atoms. The molecule has 0 unspecified atom stereocenters. The average molecular weight is 295 g/mol. The predicted molar refractivity (Wildman–Crippen MR) is 79.0 cm³/mol. The lowest BCUT2D eigenvalue weighted by Crippen LogP contribution is -2.09. The Labute approximate surface area is 121 Å². The van der Waals surface area contributed by atoms with E-state index >= 15 is 0 Å². The third-order valence-corrected chi connectivity index (χ3v) is 2.90. The third-order valence-electron chi connectivity index (χ3n) is 2.61. The van der Waals surface area contributed by atoms with Crippen LogP contribution in [0.2, 0.25) is 5.02 Å². The Balaban J connectivity index is 2.36. The van der Waals surface area contributed by atoms with Crippen LogP contribution in [-0.4, -0.2) is 35.3 Å². The zero-order valence-corrected chi connectivity index (χ0v) is 11.7. The maximum Gasteiger partial charge on any atom is 0.222 e. The average Bonchev–Trinajstić information content (AvgIpc) is 2.44. The molecule has 106 valence electrons. The standard InChI is InChI=1S/C13H15ClN4O2/c1-20-11-3-2-8(6-9(11)14)10-7-12(16-4-5-19)18-13(15)17-10/h2-3,6-7,19H,4-5H2,1H3,(H3,15,16,17,18). The Bertz CT molecular complexity index is 607. The van der Waals surface area contributed by atoms with Crippen molar-refractivity contribution in [3.8, 4) is 17.0 Å². The summed E-state index contributed by atoms with van der Waals surface area (Å²) >= 11 is 6.09. The molecule has 2 rings (SSSR count). The number of hydrogen-bond acceptors (Lipinski definition) is 6. The number of aliphatic hydroxyl groups excluding tert-OH is 1. The highest BCUT2D eigenvalue weighted by Gasteiger charge is 2.08. The lowest BCUT2D eigenvalue weighted by atomic mass is 10.1. The third kappa shape index (κ3) is 3.28. The van der Waals surface area contributed by atoms with Gasteiger partial charge in [-0.25, -0.2) is 4.98 Å². The molecule has 4 N–H and O–H groups in total. The Hall–Kier alpha value is -2.05. The predicted octanol–water partition coefficient (Wildman–Crippen LogP) is 1.79. The molecule has 1 heterocycles. The molecule has 7 heteroatoms. The molecule has 0 aliphatic carbocycles. The highest BCUT2D eigenvalue weighted by Crippen LogP contribution is 2.30. The van der Waals surface area contributed by atoms with Gasteiger partial charge >= 0.3 is 0 Å². The monoisotopic (exact) mass is 294 g/mol. The molecule has 0 aliphatic rings. The van der Waals surface area contributed by atoms with E-state index in [1.807, 2.05) is 6.07 Å². The Morgan fingerprint density at radius 1 is 1.35 bits per heavy atom. The molecule has 0 aliphatic heterocycles. The molecular formula is C13H15ClN4O2. The molecule has 0 spiro atoms. The Morgan fingerprint density at radius 3 is 2.80 bits per heavy atom. The van der Waals surface area contributed by atoms with Gasteiger partial charge in [-0.15, -0.1) is 0 Å². The normalized spacial score (nSPS) is 10.3. The highest BCUT2D eigenvalue weighted by molar-refractivity contribution is 6.32. The van der Waals surface area contributed by atoms with Gasteiger partial charge in [0.05, 0.1) is 24.4 Å². The molecule has 0 amide bonds. The molecule has 0 saturated heterocycles. The van der Waals surface area contributed by atoms with Crippen LogP contribution in [0.1, 0.15) is 0 Å². The smallest absolute Gasteiger partial charge is 0.222 e. The van der Waals surface area contributed by atoms with Gasteiger partial charge in [-0.1, -0.05) is 11.6 Å². The van der Waals surface area contributed by atoms with Crippen molar-refractivity contribution in [3.63, 3.8) is 0 Å². The van der Waals surface area contributed by atoms with Crippen LogP contribution < -0.4 is 15.8 Å². The quantitative estimate of drug-likeness (QED) is 0.778. The van der Waals surface area contributed by atoms with Crippen molar-refractivity contribution in [1.82, 2.24) is 9.97 Å². The van der Waals surface area contributed by atoms with Gasteiger partial charge in [-0.2, -0.15) is 4.98 Å². The number of nitrogens with zero attached hydrogens (tertiary/aromatic N) is 2. The van der Waals surface area contributed by atoms with Gasteiger partial charge < -0.3 is 20.9 Å². The minimum absolute atomic E-state index is 0.00754. The summed E-state index contributed by atoms with van der Waals surface area (Å²) in [6, 6.07) is 7.08. The molecular weight excluding hydrogens is 280 g/mol. The number of halogens is 1. The van der Waals surface area contributed by atoms with E-state index in [2.05, 4.69) is 15.3 Å². The van der Waals surface area contributed by atoms with Crippen LogP contribution in [0.3, 0.4) is 0 Å². The number of rotatable bonds is 5. The molecule has 2 aromatic rings. The van der Waals surface area contributed by atoms with Gasteiger partial charge in [-0.05, 0) is 18.2 Å². The van der Waals surface area contributed by atoms with Crippen molar-refractivity contribution in [2.45, 2.75) is 0 Å². The number of aromatic nitrogens is 2. The second-order valence-electron chi connectivity index (χ2n) is 4.00. The summed E-state index contributed by atoms with van der Waals surface area (Å²) in [7, 11) is 1.56. The summed E-state index contributed by atoms with van der Waals surface area (Å²) in [4.78, 5) is 8.21. The van der Waals surface area contributed by atoms with Gasteiger partial charge in [0.15, 0.2) is 0 Å². The van der Waals surface area contributed by atoms with E-state index in [-0.39, 0.29) is 12.6 Å². The summed E-state index contributed by atoms with van der Waals surface area (Å²) in [6.07, 6.45) is 0. The van der Waals surface area contributed by atoms with Crippen LogP contribution >= 0.6 is 11.6 Å². The highest BCUT2D eigenvalue weighted by atomic mass is 35.5. The van der Waals surface area contributed by atoms with Crippen LogP contribution in [0.25, 0.3) is 11.3 Å². The number of aliphatic hydroxyl groups is 1. The van der Waals surface area contributed by atoms with E-state index in [0.29, 0.717) is 28.8 Å². The summed E-state index contributed by atoms with van der Waals surface area (Å²) in [5.41, 5.74) is 7.12. The number of nitrogen functional groups attached to an aromatic ring is 1. The number of benzene rings is 1. The van der Waals surface area contributed by atoms with Crippen LogP contribution in [0.5, 0.6) is 5.75 Å². The fourth-order valence-corrected chi connectivity index (χ4v) is 1.97. The van der Waals surface area contributed by atoms with Crippen LogP contribution in [0, 0.1) is 0 Å². The van der Waals surface area contributed by atoms with Gasteiger partial charge in [0.1, 0.15) is 11.6 Å². The molecule has 0 saturated carbocycles. The van der Waals surface area contributed by atoms with Gasteiger partial charge in [-0.3, -0.25) is 0 Å². The number of methoxy groups -OCH3 is 1. The van der Waals surface area contributed by atoms with Crippen LogP contribution in [0.4, 0.5) is 11.8 Å². The second-order valence-corrected chi connectivity index (χ2v) is 4.40. The minimum Gasteiger partial charge on any atom is -0.495 e. The number of nitrogens with two attached hydrogens (primary N) is 1. The number of nitrogens with one attached hydrogen (secondary N) is 1.